The SMILES string of the molecule is NCCCCCCc1c2ccccc2cc2ccccc12. The number of rotatable bonds is 6. The molecule has 0 bridgehead atoms. The van der Waals surface area contributed by atoms with Gasteiger partial charge in [-0.05, 0) is 59.0 Å². The monoisotopic (exact) mass is 277 g/mol. The van der Waals surface area contributed by atoms with E-state index < -0.39 is 0 Å². The fourth-order valence-corrected chi connectivity index (χ4v) is 3.18. The number of aryl methyl sites for hydroxylation is 1. The highest BCUT2D eigenvalue weighted by atomic mass is 14.5. The van der Waals surface area contributed by atoms with Crippen LogP contribution >= 0.6 is 0 Å². The van der Waals surface area contributed by atoms with Gasteiger partial charge in [-0.3, -0.25) is 0 Å². The second-order valence-corrected chi connectivity index (χ2v) is 5.75. The lowest BCUT2D eigenvalue weighted by Gasteiger charge is -2.11. The highest BCUT2D eigenvalue weighted by molar-refractivity contribution is 6.02. The molecular weight excluding hydrogens is 254 g/mol. The third-order valence-corrected chi connectivity index (χ3v) is 4.26. The van der Waals surface area contributed by atoms with Crippen LogP contribution in [0.4, 0.5) is 0 Å². The molecule has 0 radical (unpaired) electrons. The molecule has 0 saturated carbocycles. The molecule has 3 aromatic rings. The molecule has 3 rings (SSSR count). The summed E-state index contributed by atoms with van der Waals surface area (Å²) in [5, 5.41) is 5.53. The van der Waals surface area contributed by atoms with Gasteiger partial charge in [-0.15, -0.1) is 0 Å². The Bertz CT molecular complexity index is 676. The number of hydrogen-bond donors (Lipinski definition) is 1. The van der Waals surface area contributed by atoms with Crippen molar-refractivity contribution in [3.63, 3.8) is 0 Å². The molecule has 2 N–H and O–H groups in total. The molecule has 0 spiro atoms. The second-order valence-electron chi connectivity index (χ2n) is 5.75. The Morgan fingerprint density at radius 2 is 1.24 bits per heavy atom. The van der Waals surface area contributed by atoms with E-state index in [4.69, 9.17) is 5.73 Å². The van der Waals surface area contributed by atoms with Gasteiger partial charge in [-0.1, -0.05) is 61.4 Å². The van der Waals surface area contributed by atoms with Gasteiger partial charge in [0.1, 0.15) is 0 Å². The van der Waals surface area contributed by atoms with Gasteiger partial charge >= 0.3 is 0 Å². The highest BCUT2D eigenvalue weighted by Crippen LogP contribution is 2.29. The average molecular weight is 277 g/mol. The van der Waals surface area contributed by atoms with E-state index >= 15 is 0 Å². The summed E-state index contributed by atoms with van der Waals surface area (Å²) >= 11 is 0. The summed E-state index contributed by atoms with van der Waals surface area (Å²) in [6.07, 6.45) is 6.08. The van der Waals surface area contributed by atoms with Gasteiger partial charge in [-0.2, -0.15) is 0 Å². The Hall–Kier alpha value is -1.86. The van der Waals surface area contributed by atoms with E-state index in [9.17, 15) is 0 Å². The lowest BCUT2D eigenvalue weighted by atomic mass is 9.93. The summed E-state index contributed by atoms with van der Waals surface area (Å²) in [5.74, 6) is 0. The predicted octanol–water partition coefficient (Wildman–Crippen LogP) is 5.05. The van der Waals surface area contributed by atoms with Crippen LogP contribution in [0, 0.1) is 0 Å². The molecule has 1 heteroatoms. The summed E-state index contributed by atoms with van der Waals surface area (Å²) in [5.41, 5.74) is 7.08. The first-order valence-corrected chi connectivity index (χ1v) is 7.99. The topological polar surface area (TPSA) is 26.0 Å². The van der Waals surface area contributed by atoms with E-state index in [0.717, 1.165) is 19.4 Å². The maximum Gasteiger partial charge on any atom is -0.00773 e. The van der Waals surface area contributed by atoms with E-state index in [1.54, 1.807) is 0 Å². The smallest absolute Gasteiger partial charge is 0.00773 e. The first-order valence-electron chi connectivity index (χ1n) is 7.99. The number of fused-ring (bicyclic) bond motifs is 2. The average Bonchev–Trinajstić information content (AvgIpc) is 2.53. The van der Waals surface area contributed by atoms with E-state index in [2.05, 4.69) is 54.6 Å². The molecule has 0 amide bonds. The van der Waals surface area contributed by atoms with Crippen molar-refractivity contribution in [2.45, 2.75) is 32.1 Å². The summed E-state index contributed by atoms with van der Waals surface area (Å²) < 4.78 is 0. The summed E-state index contributed by atoms with van der Waals surface area (Å²) in [4.78, 5) is 0. The van der Waals surface area contributed by atoms with Gasteiger partial charge in [0.25, 0.3) is 0 Å². The van der Waals surface area contributed by atoms with Crippen molar-refractivity contribution in [3.05, 3.63) is 60.2 Å². The first-order chi connectivity index (χ1) is 10.4. The van der Waals surface area contributed by atoms with Gasteiger partial charge < -0.3 is 5.73 Å². The van der Waals surface area contributed by atoms with E-state index in [-0.39, 0.29) is 0 Å². The Kier molecular flexibility index (Phi) is 4.52. The zero-order chi connectivity index (χ0) is 14.5. The van der Waals surface area contributed by atoms with Gasteiger partial charge in [0, 0.05) is 0 Å². The Labute approximate surface area is 126 Å². The Balaban J connectivity index is 1.96. The van der Waals surface area contributed by atoms with Crippen LogP contribution in [0.1, 0.15) is 31.2 Å². The third-order valence-electron chi connectivity index (χ3n) is 4.26. The zero-order valence-electron chi connectivity index (χ0n) is 12.5. The molecule has 0 unspecified atom stereocenters. The molecular formula is C20H23N. The van der Waals surface area contributed by atoms with Gasteiger partial charge in [0.05, 0.1) is 0 Å². The van der Waals surface area contributed by atoms with E-state index in [1.165, 1.54) is 46.4 Å². The molecule has 0 aliphatic carbocycles. The van der Waals surface area contributed by atoms with E-state index in [1.807, 2.05) is 0 Å². The van der Waals surface area contributed by atoms with Crippen LogP contribution in [0.5, 0.6) is 0 Å². The van der Waals surface area contributed by atoms with Crippen LogP contribution < -0.4 is 5.73 Å². The van der Waals surface area contributed by atoms with Crippen molar-refractivity contribution in [2.75, 3.05) is 6.54 Å². The number of benzene rings is 3. The first kappa shape index (κ1) is 14.1. The van der Waals surface area contributed by atoms with Crippen molar-refractivity contribution in [1.82, 2.24) is 0 Å². The number of unbranched alkanes of at least 4 members (excludes halogenated alkanes) is 3. The maximum atomic E-state index is 5.57. The largest absolute Gasteiger partial charge is 0.330 e. The normalized spacial score (nSPS) is 11.3. The minimum Gasteiger partial charge on any atom is -0.330 e. The quantitative estimate of drug-likeness (QED) is 0.495. The number of hydrogen-bond acceptors (Lipinski definition) is 1. The molecule has 0 atom stereocenters. The molecule has 0 aliphatic rings. The van der Waals surface area contributed by atoms with Crippen LogP contribution in [-0.4, -0.2) is 6.54 Å². The van der Waals surface area contributed by atoms with Gasteiger partial charge in [0.2, 0.25) is 0 Å². The lowest BCUT2D eigenvalue weighted by Crippen LogP contribution is -1.98. The van der Waals surface area contributed by atoms with Gasteiger partial charge in [-0.25, -0.2) is 0 Å². The molecule has 1 nitrogen and oxygen atoms in total. The van der Waals surface area contributed by atoms with Crippen LogP contribution in [0.3, 0.4) is 0 Å². The second kappa shape index (κ2) is 6.73. The summed E-state index contributed by atoms with van der Waals surface area (Å²) in [6.45, 7) is 0.817. The Morgan fingerprint density at radius 3 is 1.86 bits per heavy atom. The summed E-state index contributed by atoms with van der Waals surface area (Å²) in [6, 6.07) is 19.8. The zero-order valence-corrected chi connectivity index (χ0v) is 12.5. The molecule has 21 heavy (non-hydrogen) atoms. The molecule has 0 fully saturated rings. The molecule has 0 aromatic heterocycles. The van der Waals surface area contributed by atoms with Crippen LogP contribution in [-0.2, 0) is 6.42 Å². The van der Waals surface area contributed by atoms with Crippen molar-refractivity contribution in [2.24, 2.45) is 5.73 Å². The Morgan fingerprint density at radius 1 is 0.667 bits per heavy atom. The standard InChI is InChI=1S/C20H23N/c21-14-8-2-1-3-13-20-18-11-6-4-9-16(18)15-17-10-5-7-12-19(17)20/h4-7,9-12,15H,1-3,8,13-14,21H2. The van der Waals surface area contributed by atoms with Crippen molar-refractivity contribution < 1.29 is 0 Å². The van der Waals surface area contributed by atoms with Crippen molar-refractivity contribution in [1.29, 1.82) is 0 Å². The van der Waals surface area contributed by atoms with Crippen LogP contribution in [0.15, 0.2) is 54.6 Å². The minimum atomic E-state index is 0.817. The highest BCUT2D eigenvalue weighted by Gasteiger charge is 2.06. The fraction of sp³-hybridized carbons (Fsp3) is 0.300. The van der Waals surface area contributed by atoms with E-state index in [0.29, 0.717) is 0 Å². The van der Waals surface area contributed by atoms with Crippen LogP contribution in [0.25, 0.3) is 21.5 Å². The maximum absolute atomic E-state index is 5.57. The minimum absolute atomic E-state index is 0.817. The predicted molar refractivity (Wildman–Crippen MR) is 92.7 cm³/mol. The summed E-state index contributed by atoms with van der Waals surface area (Å²) in [7, 11) is 0. The number of nitrogens with two attached hydrogens (primary N) is 1. The molecule has 3 aromatic carbocycles. The fourth-order valence-electron chi connectivity index (χ4n) is 3.18. The third kappa shape index (κ3) is 3.08. The molecule has 0 aliphatic heterocycles. The molecule has 0 saturated heterocycles. The van der Waals surface area contributed by atoms with Crippen molar-refractivity contribution >= 4 is 21.5 Å². The lowest BCUT2D eigenvalue weighted by molar-refractivity contribution is 0.649. The molecule has 0 heterocycles. The molecule has 108 valence electrons. The van der Waals surface area contributed by atoms with Crippen molar-refractivity contribution in [3.8, 4) is 0 Å². The van der Waals surface area contributed by atoms with Gasteiger partial charge in [0.15, 0.2) is 0 Å². The van der Waals surface area contributed by atoms with Crippen LogP contribution in [0.2, 0.25) is 0 Å².